The summed E-state index contributed by atoms with van der Waals surface area (Å²) in [5.41, 5.74) is -1.80. The summed E-state index contributed by atoms with van der Waals surface area (Å²) < 4.78 is 5.20. The number of methoxy groups -OCH3 is 1. The van der Waals surface area contributed by atoms with Gasteiger partial charge in [-0.05, 0) is 52.0 Å². The van der Waals surface area contributed by atoms with Crippen molar-refractivity contribution in [2.75, 3.05) is 7.11 Å². The number of ether oxygens (including phenoxy) is 1. The number of hydrogen-bond acceptors (Lipinski definition) is 4. The van der Waals surface area contributed by atoms with Crippen LogP contribution in [0.2, 0.25) is 10.2 Å². The fraction of sp³-hybridized carbons (Fsp3) is 0.350. The fourth-order valence-corrected chi connectivity index (χ4v) is 3.56. The van der Waals surface area contributed by atoms with Crippen LogP contribution >= 0.6 is 23.2 Å². The summed E-state index contributed by atoms with van der Waals surface area (Å²) in [7, 11) is 1.44. The van der Waals surface area contributed by atoms with Gasteiger partial charge in [0.15, 0.2) is 5.78 Å². The first kappa shape index (κ1) is 22.0. The molecule has 0 saturated heterocycles. The minimum Gasteiger partial charge on any atom is -0.495 e. The molecule has 1 amide bonds. The molecule has 1 heterocycles. The van der Waals surface area contributed by atoms with E-state index in [4.69, 9.17) is 27.9 Å². The molecule has 150 valence electrons. The van der Waals surface area contributed by atoms with Crippen molar-refractivity contribution in [2.45, 2.75) is 38.8 Å². The van der Waals surface area contributed by atoms with Crippen LogP contribution in [-0.2, 0) is 5.54 Å². The van der Waals surface area contributed by atoms with Gasteiger partial charge in [-0.25, -0.2) is 9.78 Å². The number of benzene rings is 1. The fourth-order valence-electron chi connectivity index (χ4n) is 3.26. The van der Waals surface area contributed by atoms with Gasteiger partial charge in [0.2, 0.25) is 0 Å². The molecule has 0 fully saturated rings. The molecule has 0 aliphatic carbocycles. The van der Waals surface area contributed by atoms with Crippen molar-refractivity contribution in [3.63, 3.8) is 0 Å². The highest BCUT2D eigenvalue weighted by Crippen LogP contribution is 2.38. The highest BCUT2D eigenvalue weighted by atomic mass is 35.5. The monoisotopic (exact) mass is 424 g/mol. The lowest BCUT2D eigenvalue weighted by Gasteiger charge is -2.46. The maximum absolute atomic E-state index is 13.7. The van der Waals surface area contributed by atoms with E-state index in [9.17, 15) is 14.7 Å². The van der Waals surface area contributed by atoms with Gasteiger partial charge in [-0.3, -0.25) is 9.69 Å². The lowest BCUT2D eigenvalue weighted by atomic mass is 9.80. The van der Waals surface area contributed by atoms with Crippen LogP contribution in [0.25, 0.3) is 0 Å². The molecule has 28 heavy (non-hydrogen) atoms. The number of ketones is 1. The largest absolute Gasteiger partial charge is 0.495 e. The van der Waals surface area contributed by atoms with Crippen LogP contribution in [0.4, 0.5) is 4.79 Å². The number of pyridine rings is 1. The van der Waals surface area contributed by atoms with Gasteiger partial charge < -0.3 is 9.84 Å². The molecule has 1 aromatic heterocycles. The molecular formula is C20H22Cl2N2O4. The van der Waals surface area contributed by atoms with E-state index in [1.807, 2.05) is 0 Å². The molecule has 0 radical (unpaired) electrons. The maximum Gasteiger partial charge on any atom is 0.408 e. The topological polar surface area (TPSA) is 79.7 Å². The zero-order chi connectivity index (χ0) is 21.3. The Bertz CT molecular complexity index is 894. The molecular weight excluding hydrogens is 403 g/mol. The minimum atomic E-state index is -1.57. The van der Waals surface area contributed by atoms with Crippen molar-refractivity contribution in [2.24, 2.45) is 0 Å². The molecule has 0 aliphatic heterocycles. The van der Waals surface area contributed by atoms with E-state index >= 15 is 0 Å². The second-order valence-corrected chi connectivity index (χ2v) is 8.20. The van der Waals surface area contributed by atoms with Crippen molar-refractivity contribution in [1.82, 2.24) is 9.88 Å². The Hall–Kier alpha value is -2.31. The Morgan fingerprint density at radius 3 is 2.21 bits per heavy atom. The van der Waals surface area contributed by atoms with Crippen LogP contribution in [0, 0.1) is 0 Å². The number of nitrogens with zero attached hydrogens (tertiary/aromatic N) is 2. The summed E-state index contributed by atoms with van der Waals surface area (Å²) in [6.07, 6.45) is 0.175. The van der Waals surface area contributed by atoms with Gasteiger partial charge in [-0.1, -0.05) is 29.3 Å². The summed E-state index contributed by atoms with van der Waals surface area (Å²) in [6, 6.07) is 7.69. The number of halogens is 2. The van der Waals surface area contributed by atoms with Crippen LogP contribution in [0.15, 0.2) is 36.5 Å². The first-order valence-corrected chi connectivity index (χ1v) is 9.22. The van der Waals surface area contributed by atoms with Gasteiger partial charge in [-0.15, -0.1) is 0 Å². The highest BCUT2D eigenvalue weighted by molar-refractivity contribution is 6.32. The normalized spacial score (nSPS) is 13.5. The highest BCUT2D eigenvalue weighted by Gasteiger charge is 2.49. The molecule has 0 saturated carbocycles. The average molecular weight is 425 g/mol. The number of hydrogen-bond donors (Lipinski definition) is 1. The summed E-state index contributed by atoms with van der Waals surface area (Å²) in [6.45, 7) is 6.72. The number of carbonyl (C=O) groups is 2. The molecule has 2 rings (SSSR count). The average Bonchev–Trinajstić information content (AvgIpc) is 2.60. The Morgan fingerprint density at radius 1 is 1.11 bits per heavy atom. The van der Waals surface area contributed by atoms with Crippen molar-refractivity contribution in [3.05, 3.63) is 57.8 Å². The molecule has 1 aromatic carbocycles. The number of amides is 1. The van der Waals surface area contributed by atoms with Crippen molar-refractivity contribution in [3.8, 4) is 5.75 Å². The van der Waals surface area contributed by atoms with Gasteiger partial charge in [0.05, 0.1) is 12.1 Å². The van der Waals surface area contributed by atoms with Crippen LogP contribution in [-0.4, -0.2) is 39.5 Å². The third kappa shape index (κ3) is 4.08. The molecule has 0 aliphatic rings. The Labute approximate surface area is 174 Å². The minimum absolute atomic E-state index is 0.240. The molecule has 1 unspecified atom stereocenters. The van der Waals surface area contributed by atoms with E-state index in [0.717, 1.165) is 4.90 Å². The summed E-state index contributed by atoms with van der Waals surface area (Å²) in [4.78, 5) is 31.0. The van der Waals surface area contributed by atoms with Crippen molar-refractivity contribution < 1.29 is 19.4 Å². The summed E-state index contributed by atoms with van der Waals surface area (Å²) in [5.74, 6) is -0.120. The summed E-state index contributed by atoms with van der Waals surface area (Å²) >= 11 is 12.0. The van der Waals surface area contributed by atoms with E-state index < -0.39 is 23.0 Å². The number of carboxylic acid groups (broad SMARTS) is 1. The predicted molar refractivity (Wildman–Crippen MR) is 109 cm³/mol. The number of Topliss-reactive ketones (excluding diaryl/α,β-unsaturated/α-hetero) is 1. The van der Waals surface area contributed by atoms with Gasteiger partial charge in [-0.2, -0.15) is 0 Å². The number of carbonyl (C=O) groups excluding carboxylic acids is 1. The Kier molecular flexibility index (Phi) is 6.26. The van der Waals surface area contributed by atoms with Crippen LogP contribution in [0.3, 0.4) is 0 Å². The zero-order valence-electron chi connectivity index (χ0n) is 16.3. The molecule has 1 N–H and O–H groups in total. The quantitative estimate of drug-likeness (QED) is 0.521. The molecule has 2 aromatic rings. The lowest BCUT2D eigenvalue weighted by Crippen LogP contribution is -2.59. The van der Waals surface area contributed by atoms with E-state index in [0.29, 0.717) is 16.3 Å². The Morgan fingerprint density at radius 2 is 1.75 bits per heavy atom. The molecule has 8 heteroatoms. The van der Waals surface area contributed by atoms with E-state index in [1.165, 1.54) is 37.6 Å². The van der Waals surface area contributed by atoms with E-state index in [2.05, 4.69) is 4.98 Å². The first-order valence-electron chi connectivity index (χ1n) is 8.46. The number of aromatic nitrogens is 1. The van der Waals surface area contributed by atoms with E-state index in [-0.39, 0.29) is 10.7 Å². The van der Waals surface area contributed by atoms with Gasteiger partial charge in [0.25, 0.3) is 0 Å². The van der Waals surface area contributed by atoms with Crippen molar-refractivity contribution >= 4 is 35.1 Å². The standard InChI is InChI=1S/C20H22Cl2N2O4/c1-19(2,3)24(18(26)27)20(4,13-7-9-16(22)23-11-13)17(25)12-6-8-14(21)15(10-12)28-5/h6-11H,1-5H3,(H,26,27). The van der Waals surface area contributed by atoms with Gasteiger partial charge in [0.1, 0.15) is 16.4 Å². The molecule has 0 spiro atoms. The maximum atomic E-state index is 13.7. The zero-order valence-corrected chi connectivity index (χ0v) is 17.8. The van der Waals surface area contributed by atoms with Gasteiger partial charge >= 0.3 is 6.09 Å². The van der Waals surface area contributed by atoms with Crippen LogP contribution in [0.5, 0.6) is 5.75 Å². The predicted octanol–water partition coefficient (Wildman–Crippen LogP) is 5.27. The molecule has 1 atom stereocenters. The third-order valence-corrected chi connectivity index (χ3v) is 4.99. The number of rotatable bonds is 5. The third-order valence-electron chi connectivity index (χ3n) is 4.45. The Balaban J connectivity index is 2.75. The smallest absolute Gasteiger partial charge is 0.408 e. The second kappa shape index (κ2) is 7.97. The SMILES string of the molecule is COc1cc(C(=O)C(C)(c2ccc(Cl)nc2)N(C(=O)O)C(C)(C)C)ccc1Cl. The molecule has 0 bridgehead atoms. The lowest BCUT2D eigenvalue weighted by molar-refractivity contribution is 0.0213. The molecule has 6 nitrogen and oxygen atoms in total. The second-order valence-electron chi connectivity index (χ2n) is 7.41. The summed E-state index contributed by atoms with van der Waals surface area (Å²) in [5, 5.41) is 10.6. The van der Waals surface area contributed by atoms with Crippen LogP contribution in [0.1, 0.15) is 43.6 Å². The van der Waals surface area contributed by atoms with Crippen LogP contribution < -0.4 is 4.74 Å². The first-order chi connectivity index (χ1) is 12.9. The van der Waals surface area contributed by atoms with Gasteiger partial charge in [0, 0.05) is 22.9 Å². The van der Waals surface area contributed by atoms with E-state index in [1.54, 1.807) is 33.8 Å². The van der Waals surface area contributed by atoms with Crippen molar-refractivity contribution in [1.29, 1.82) is 0 Å².